The lowest BCUT2D eigenvalue weighted by molar-refractivity contribution is -0.121. The van der Waals surface area contributed by atoms with Crippen LogP contribution in [0.25, 0.3) is 0 Å². The molecule has 0 aromatic heterocycles. The Kier molecular flexibility index (Phi) is 10.6. The number of ketones is 1. The van der Waals surface area contributed by atoms with Gasteiger partial charge in [-0.1, -0.05) is 35.3 Å². The Hall–Kier alpha value is -2.24. The Morgan fingerprint density at radius 2 is 1.62 bits per heavy atom. The fourth-order valence-electron chi connectivity index (χ4n) is 3.88. The van der Waals surface area contributed by atoms with Crippen molar-refractivity contribution in [3.05, 3.63) is 57.6 Å². The number of carbonyl (C=O) groups excluding carboxylic acids is 2. The van der Waals surface area contributed by atoms with E-state index in [9.17, 15) is 18.0 Å². The Balaban J connectivity index is 1.69. The highest BCUT2D eigenvalue weighted by Gasteiger charge is 2.43. The molecule has 13 heteroatoms. The van der Waals surface area contributed by atoms with E-state index in [1.54, 1.807) is 32.9 Å². The van der Waals surface area contributed by atoms with Crippen molar-refractivity contribution in [3.8, 4) is 11.5 Å². The molecule has 0 saturated carbocycles. The Morgan fingerprint density at radius 3 is 2.10 bits per heavy atom. The quantitative estimate of drug-likeness (QED) is 0.223. The fraction of sp³-hybridized carbons (Fsp3) is 0.481. The standard InChI is InChI=1S/C27H32Cl3NO8S/c1-26(2,3)39-25(33)31(40(4,34)35)14-20(32)15-38-21-8-6-18(7-9-21)27(16-36-17-27)19-12-22(29)24(23(30)13-19)37-11-5-10-28/h6-9,12-13H,5,10-11,14-17H2,1-4H3. The second-order valence-electron chi connectivity index (χ2n) is 10.3. The van der Waals surface area contributed by atoms with Crippen LogP contribution in [0.3, 0.4) is 0 Å². The third kappa shape index (κ3) is 8.16. The van der Waals surface area contributed by atoms with Crippen molar-refractivity contribution in [1.29, 1.82) is 0 Å². The van der Waals surface area contributed by atoms with Gasteiger partial charge in [-0.15, -0.1) is 11.6 Å². The van der Waals surface area contributed by atoms with Crippen molar-refractivity contribution in [2.24, 2.45) is 0 Å². The van der Waals surface area contributed by atoms with Crippen molar-refractivity contribution in [3.63, 3.8) is 0 Å². The summed E-state index contributed by atoms with van der Waals surface area (Å²) in [4.78, 5) is 24.8. The van der Waals surface area contributed by atoms with Crippen molar-refractivity contribution < 1.29 is 37.0 Å². The third-order valence-corrected chi connectivity index (χ3v) is 7.80. The van der Waals surface area contributed by atoms with E-state index in [0.29, 0.717) is 58.0 Å². The minimum atomic E-state index is -4.04. The summed E-state index contributed by atoms with van der Waals surface area (Å²) in [5, 5.41) is 0.771. The van der Waals surface area contributed by atoms with E-state index >= 15 is 0 Å². The van der Waals surface area contributed by atoms with Crippen molar-refractivity contribution in [2.75, 3.05) is 45.1 Å². The van der Waals surface area contributed by atoms with Crippen molar-refractivity contribution in [2.45, 2.75) is 38.2 Å². The molecule has 0 atom stereocenters. The zero-order chi connectivity index (χ0) is 29.7. The van der Waals surface area contributed by atoms with Crippen LogP contribution in [0.5, 0.6) is 11.5 Å². The summed E-state index contributed by atoms with van der Waals surface area (Å²) in [6, 6.07) is 10.7. The molecule has 40 heavy (non-hydrogen) atoms. The lowest BCUT2D eigenvalue weighted by atomic mass is 9.73. The maximum atomic E-state index is 12.5. The minimum Gasteiger partial charge on any atom is -0.490 e. The molecular weight excluding hydrogens is 605 g/mol. The van der Waals surface area contributed by atoms with E-state index in [2.05, 4.69) is 0 Å². The first-order chi connectivity index (χ1) is 18.7. The lowest BCUT2D eigenvalue weighted by Gasteiger charge is -2.42. The van der Waals surface area contributed by atoms with Gasteiger partial charge in [-0.25, -0.2) is 13.2 Å². The van der Waals surface area contributed by atoms with Crippen LogP contribution in [-0.4, -0.2) is 75.3 Å². The van der Waals surface area contributed by atoms with E-state index in [0.717, 1.165) is 17.4 Å². The summed E-state index contributed by atoms with van der Waals surface area (Å²) in [6.07, 6.45) is 0.357. The summed E-state index contributed by atoms with van der Waals surface area (Å²) in [5.41, 5.74) is 0.375. The number of nitrogens with zero attached hydrogens (tertiary/aromatic N) is 1. The van der Waals surface area contributed by atoms with Gasteiger partial charge in [0, 0.05) is 5.88 Å². The van der Waals surface area contributed by atoms with E-state index in [4.69, 9.17) is 53.8 Å². The Bertz CT molecular complexity index is 1300. The van der Waals surface area contributed by atoms with E-state index in [-0.39, 0.29) is 0 Å². The molecule has 0 unspecified atom stereocenters. The highest BCUT2D eigenvalue weighted by atomic mass is 35.5. The predicted octanol–water partition coefficient (Wildman–Crippen LogP) is 5.46. The number of Topliss-reactive ketones (excluding diaryl/α,β-unsaturated/α-hetero) is 1. The van der Waals surface area contributed by atoms with E-state index in [1.165, 1.54) is 0 Å². The number of carbonyl (C=O) groups is 2. The van der Waals surface area contributed by atoms with E-state index < -0.39 is 46.1 Å². The summed E-state index contributed by atoms with van der Waals surface area (Å²) < 4.78 is 46.4. The minimum absolute atomic E-state index is 0.384. The lowest BCUT2D eigenvalue weighted by Crippen LogP contribution is -2.47. The van der Waals surface area contributed by atoms with Gasteiger partial charge < -0.3 is 18.9 Å². The maximum Gasteiger partial charge on any atom is 0.424 e. The molecule has 1 fully saturated rings. The van der Waals surface area contributed by atoms with Crippen LogP contribution in [0.2, 0.25) is 10.0 Å². The maximum absolute atomic E-state index is 12.5. The summed E-state index contributed by atoms with van der Waals surface area (Å²) in [6.45, 7) is 4.85. The van der Waals surface area contributed by atoms with Gasteiger partial charge in [-0.3, -0.25) is 4.79 Å². The third-order valence-electron chi connectivity index (χ3n) is 5.90. The predicted molar refractivity (Wildman–Crippen MR) is 154 cm³/mol. The van der Waals surface area contributed by atoms with Crippen LogP contribution < -0.4 is 9.47 Å². The fourth-order valence-corrected chi connectivity index (χ4v) is 5.27. The molecule has 9 nitrogen and oxygen atoms in total. The van der Waals surface area contributed by atoms with Crippen LogP contribution >= 0.6 is 34.8 Å². The van der Waals surface area contributed by atoms with Crippen LogP contribution in [0.15, 0.2) is 36.4 Å². The monoisotopic (exact) mass is 635 g/mol. The molecule has 1 heterocycles. The molecule has 1 saturated heterocycles. The molecule has 0 aliphatic carbocycles. The molecule has 2 aromatic carbocycles. The normalized spacial score (nSPS) is 14.7. The first-order valence-corrected chi connectivity index (χ1v) is 15.5. The smallest absolute Gasteiger partial charge is 0.424 e. The molecule has 3 rings (SSSR count). The van der Waals surface area contributed by atoms with Gasteiger partial charge in [0.15, 0.2) is 11.5 Å². The Labute approximate surface area is 249 Å². The highest BCUT2D eigenvalue weighted by molar-refractivity contribution is 7.88. The Morgan fingerprint density at radius 1 is 1.02 bits per heavy atom. The molecule has 1 amide bonds. The van der Waals surface area contributed by atoms with Crippen LogP contribution in [0.1, 0.15) is 38.3 Å². The van der Waals surface area contributed by atoms with Crippen molar-refractivity contribution >= 4 is 56.7 Å². The van der Waals surface area contributed by atoms with E-state index in [1.807, 2.05) is 24.3 Å². The van der Waals surface area contributed by atoms with Gasteiger partial charge in [0.2, 0.25) is 10.0 Å². The molecule has 0 spiro atoms. The number of rotatable bonds is 12. The van der Waals surface area contributed by atoms with Crippen LogP contribution in [0.4, 0.5) is 4.79 Å². The van der Waals surface area contributed by atoms with Crippen LogP contribution in [0, 0.1) is 0 Å². The number of benzene rings is 2. The van der Waals surface area contributed by atoms with Gasteiger partial charge in [0.05, 0.1) is 41.5 Å². The molecule has 0 bridgehead atoms. The second kappa shape index (κ2) is 13.2. The average molecular weight is 637 g/mol. The topological polar surface area (TPSA) is 108 Å². The number of ether oxygens (including phenoxy) is 4. The zero-order valence-electron chi connectivity index (χ0n) is 22.7. The number of halogens is 3. The second-order valence-corrected chi connectivity index (χ2v) is 13.4. The largest absolute Gasteiger partial charge is 0.490 e. The van der Waals surface area contributed by atoms with Gasteiger partial charge in [-0.2, -0.15) is 4.31 Å². The number of hydrogen-bond donors (Lipinski definition) is 0. The van der Waals surface area contributed by atoms with Crippen LogP contribution in [-0.2, 0) is 29.7 Å². The average Bonchev–Trinajstić information content (AvgIpc) is 2.81. The molecule has 220 valence electrons. The molecule has 0 radical (unpaired) electrons. The molecule has 1 aliphatic rings. The van der Waals surface area contributed by atoms with Gasteiger partial charge in [-0.05, 0) is 62.6 Å². The molecule has 0 N–H and O–H groups in total. The first kappa shape index (κ1) is 32.3. The molecule has 2 aromatic rings. The van der Waals surface area contributed by atoms with Gasteiger partial charge >= 0.3 is 6.09 Å². The molecule has 1 aliphatic heterocycles. The molecular formula is C27H32Cl3NO8S. The summed E-state index contributed by atoms with van der Waals surface area (Å²) in [7, 11) is -4.04. The summed E-state index contributed by atoms with van der Waals surface area (Å²) >= 11 is 18.7. The number of sulfonamides is 1. The van der Waals surface area contributed by atoms with Crippen molar-refractivity contribution in [1.82, 2.24) is 4.31 Å². The number of alkyl halides is 1. The summed E-state index contributed by atoms with van der Waals surface area (Å²) in [5.74, 6) is 0.631. The number of hydrogen-bond acceptors (Lipinski definition) is 8. The first-order valence-electron chi connectivity index (χ1n) is 12.4. The number of amides is 1. The zero-order valence-corrected chi connectivity index (χ0v) is 25.8. The SMILES string of the molecule is CC(C)(C)OC(=O)N(CC(=O)COc1ccc(C2(c3cc(Cl)c(OCCCCl)c(Cl)c3)COC2)cc1)S(C)(=O)=O. The van der Waals surface area contributed by atoms with Gasteiger partial charge in [0.1, 0.15) is 24.5 Å². The highest BCUT2D eigenvalue weighted by Crippen LogP contribution is 2.44. The van der Waals surface area contributed by atoms with Gasteiger partial charge in [0.25, 0.3) is 0 Å².